The smallest absolute Gasteiger partial charge is 0.306 e. The topological polar surface area (TPSA) is 186 Å². The Morgan fingerprint density at radius 1 is 0.548 bits per heavy atom. The van der Waals surface area contributed by atoms with Crippen LogP contribution in [0.1, 0.15) is 206 Å². The molecule has 1 heterocycles. The van der Waals surface area contributed by atoms with Gasteiger partial charge in [-0.05, 0) is 64.2 Å². The first-order chi connectivity index (χ1) is 30.0. The molecule has 2 unspecified atom stereocenters. The van der Waals surface area contributed by atoms with Gasteiger partial charge in [-0.2, -0.15) is 8.42 Å². The van der Waals surface area contributed by atoms with Crippen molar-refractivity contribution < 1.29 is 56.8 Å². The number of aliphatic hydroxyl groups is 3. The van der Waals surface area contributed by atoms with E-state index in [4.69, 9.17) is 18.9 Å². The summed E-state index contributed by atoms with van der Waals surface area (Å²) in [4.78, 5) is 25.4. The predicted octanol–water partition coefficient (Wildman–Crippen LogP) is 10.6. The number of carbonyl (C=O) groups excluding carboxylic acids is 2. The number of carbonyl (C=O) groups is 2. The maximum Gasteiger partial charge on any atom is 0.306 e. The van der Waals surface area contributed by atoms with E-state index in [0.717, 1.165) is 44.9 Å². The quantitative estimate of drug-likeness (QED) is 0.0197. The predicted molar refractivity (Wildman–Crippen MR) is 247 cm³/mol. The van der Waals surface area contributed by atoms with Crippen LogP contribution >= 0.6 is 0 Å². The molecule has 12 nitrogen and oxygen atoms in total. The second-order valence-electron chi connectivity index (χ2n) is 17.1. The van der Waals surface area contributed by atoms with Gasteiger partial charge in [0.05, 0.1) is 6.61 Å². The molecule has 1 fully saturated rings. The van der Waals surface area contributed by atoms with Crippen molar-refractivity contribution in [3.8, 4) is 0 Å². The van der Waals surface area contributed by atoms with E-state index in [1.54, 1.807) is 0 Å². The lowest BCUT2D eigenvalue weighted by atomic mass is 10.00. The van der Waals surface area contributed by atoms with Crippen LogP contribution in [0.25, 0.3) is 0 Å². The number of rotatable bonds is 41. The summed E-state index contributed by atoms with van der Waals surface area (Å²) in [5, 5.41) is 30.9. The zero-order chi connectivity index (χ0) is 45.5. The minimum atomic E-state index is -4.61. The standard InChI is InChI=1S/C49H88O12S/c1-3-5-7-9-11-13-15-17-19-21-23-25-27-29-31-33-35-37-44(50)58-39-42(40-59-49-48(54)47(53)46(52)43(61-49)41-62(55,56)57)60-45(51)38-36-34-32-30-28-26-24-22-20-18-16-14-12-10-8-6-4-2/h18,20,23,25,29,31,42-43,46-49,52-54H,3-17,19,21-22,24,26-28,30,32-41H2,1-2H3,(H,55,56,57)/b20-18+,25-23+,31-29+/t42-,43-,46-,47?,48?,49+/m1/s1. The average molecular weight is 901 g/mol. The normalized spacial score (nSPS) is 20.1. The van der Waals surface area contributed by atoms with Crippen molar-refractivity contribution in [1.82, 2.24) is 0 Å². The Morgan fingerprint density at radius 3 is 1.48 bits per heavy atom. The third-order valence-electron chi connectivity index (χ3n) is 11.2. The van der Waals surface area contributed by atoms with Gasteiger partial charge in [0.25, 0.3) is 10.1 Å². The van der Waals surface area contributed by atoms with Crippen molar-refractivity contribution >= 4 is 22.1 Å². The van der Waals surface area contributed by atoms with Gasteiger partial charge in [0, 0.05) is 12.8 Å². The molecule has 0 bridgehead atoms. The molecule has 1 rings (SSSR count). The molecule has 0 spiro atoms. The largest absolute Gasteiger partial charge is 0.462 e. The third-order valence-corrected chi connectivity index (χ3v) is 11.9. The van der Waals surface area contributed by atoms with Crippen molar-refractivity contribution in [1.29, 1.82) is 0 Å². The molecule has 362 valence electrons. The van der Waals surface area contributed by atoms with E-state index >= 15 is 0 Å². The number of hydrogen-bond donors (Lipinski definition) is 4. The molecule has 0 amide bonds. The van der Waals surface area contributed by atoms with Crippen LogP contribution in [0.15, 0.2) is 36.5 Å². The van der Waals surface area contributed by atoms with Crippen molar-refractivity contribution in [2.45, 2.75) is 243 Å². The number of esters is 2. The van der Waals surface area contributed by atoms with Crippen LogP contribution in [-0.2, 0) is 38.7 Å². The Kier molecular flexibility index (Phi) is 36.6. The summed E-state index contributed by atoms with van der Waals surface area (Å²) in [6.45, 7) is 3.73. The van der Waals surface area contributed by atoms with E-state index in [9.17, 15) is 37.9 Å². The summed E-state index contributed by atoms with van der Waals surface area (Å²) in [5.41, 5.74) is 0. The van der Waals surface area contributed by atoms with E-state index < -0.39 is 71.2 Å². The van der Waals surface area contributed by atoms with Crippen LogP contribution in [0.4, 0.5) is 0 Å². The van der Waals surface area contributed by atoms with Gasteiger partial charge >= 0.3 is 11.9 Å². The maximum absolute atomic E-state index is 12.8. The lowest BCUT2D eigenvalue weighted by molar-refractivity contribution is -0.297. The van der Waals surface area contributed by atoms with Gasteiger partial charge in [0.2, 0.25) is 0 Å². The molecular formula is C49H88O12S. The Bertz CT molecular complexity index is 1290. The molecule has 6 atom stereocenters. The van der Waals surface area contributed by atoms with Crippen LogP contribution in [0.5, 0.6) is 0 Å². The molecule has 0 aliphatic carbocycles. The summed E-state index contributed by atoms with van der Waals surface area (Å²) < 4.78 is 54.1. The summed E-state index contributed by atoms with van der Waals surface area (Å²) in [5.74, 6) is -2.04. The fourth-order valence-electron chi connectivity index (χ4n) is 7.36. The zero-order valence-corrected chi connectivity index (χ0v) is 39.5. The molecule has 1 saturated heterocycles. The second-order valence-corrected chi connectivity index (χ2v) is 18.6. The Morgan fingerprint density at radius 2 is 0.984 bits per heavy atom. The Hall–Kier alpha value is -2.13. The van der Waals surface area contributed by atoms with Crippen molar-refractivity contribution in [2.24, 2.45) is 0 Å². The average Bonchev–Trinajstić information content (AvgIpc) is 3.24. The minimum absolute atomic E-state index is 0.151. The van der Waals surface area contributed by atoms with E-state index in [1.165, 1.54) is 116 Å². The first-order valence-corrected chi connectivity index (χ1v) is 26.2. The van der Waals surface area contributed by atoms with Crippen LogP contribution in [0.3, 0.4) is 0 Å². The second kappa shape index (κ2) is 39.3. The van der Waals surface area contributed by atoms with E-state index in [1.807, 2.05) is 6.08 Å². The lowest BCUT2D eigenvalue weighted by Gasteiger charge is -2.40. The number of unbranched alkanes of at least 4 members (excludes halogenated alkanes) is 23. The summed E-state index contributed by atoms with van der Waals surface area (Å²) >= 11 is 0. The minimum Gasteiger partial charge on any atom is -0.462 e. The Balaban J connectivity index is 2.44. The lowest BCUT2D eigenvalue weighted by Crippen LogP contribution is -2.60. The van der Waals surface area contributed by atoms with Crippen LogP contribution in [0, 0.1) is 0 Å². The number of aliphatic hydroxyl groups excluding tert-OH is 3. The van der Waals surface area contributed by atoms with E-state index in [-0.39, 0.29) is 19.4 Å². The highest BCUT2D eigenvalue weighted by Crippen LogP contribution is 2.24. The molecule has 13 heteroatoms. The van der Waals surface area contributed by atoms with Crippen molar-refractivity contribution in [3.63, 3.8) is 0 Å². The maximum atomic E-state index is 12.8. The van der Waals surface area contributed by atoms with Gasteiger partial charge in [0.1, 0.15) is 36.8 Å². The fraction of sp³-hybridized carbons (Fsp3) is 0.837. The summed E-state index contributed by atoms with van der Waals surface area (Å²) in [6.07, 6.45) is 36.2. The van der Waals surface area contributed by atoms with Gasteiger partial charge < -0.3 is 34.3 Å². The number of ether oxygens (including phenoxy) is 4. The van der Waals surface area contributed by atoms with Gasteiger partial charge in [-0.3, -0.25) is 14.1 Å². The van der Waals surface area contributed by atoms with Crippen molar-refractivity contribution in [3.05, 3.63) is 36.5 Å². The number of allylic oxidation sites excluding steroid dienone is 6. The molecule has 0 aromatic rings. The Labute approximate surface area is 376 Å². The molecular weight excluding hydrogens is 813 g/mol. The third kappa shape index (κ3) is 33.4. The highest BCUT2D eigenvalue weighted by Gasteiger charge is 2.46. The van der Waals surface area contributed by atoms with E-state index in [2.05, 4.69) is 44.2 Å². The molecule has 4 N–H and O–H groups in total. The highest BCUT2D eigenvalue weighted by molar-refractivity contribution is 7.85. The molecule has 0 radical (unpaired) electrons. The summed E-state index contributed by atoms with van der Waals surface area (Å²) in [6, 6.07) is 0. The van der Waals surface area contributed by atoms with Gasteiger partial charge in [-0.25, -0.2) is 0 Å². The summed E-state index contributed by atoms with van der Waals surface area (Å²) in [7, 11) is -4.61. The monoisotopic (exact) mass is 901 g/mol. The van der Waals surface area contributed by atoms with Crippen LogP contribution in [0.2, 0.25) is 0 Å². The van der Waals surface area contributed by atoms with Crippen LogP contribution < -0.4 is 0 Å². The van der Waals surface area contributed by atoms with Gasteiger partial charge in [0.15, 0.2) is 12.4 Å². The van der Waals surface area contributed by atoms with Gasteiger partial charge in [-0.1, -0.05) is 166 Å². The first kappa shape index (κ1) is 57.9. The van der Waals surface area contributed by atoms with Crippen molar-refractivity contribution in [2.75, 3.05) is 19.0 Å². The molecule has 0 aromatic carbocycles. The zero-order valence-electron chi connectivity index (χ0n) is 38.7. The van der Waals surface area contributed by atoms with Gasteiger partial charge in [-0.15, -0.1) is 0 Å². The molecule has 62 heavy (non-hydrogen) atoms. The molecule has 0 saturated carbocycles. The molecule has 0 aromatic heterocycles. The molecule has 1 aliphatic rings. The van der Waals surface area contributed by atoms with E-state index in [0.29, 0.717) is 19.3 Å². The first-order valence-electron chi connectivity index (χ1n) is 24.5. The SMILES string of the molecule is CCCCCCCC/C=C/CCCCCCCCCC(=O)O[C@H](COC(=O)CCC/C=C/C/C=C/CCCCCCCCCCC)CO[C@H]1O[C@H](CS(=O)(=O)O)[C@@H](O)C(O)C1O. The van der Waals surface area contributed by atoms with Crippen LogP contribution in [-0.4, -0.2) is 96.0 Å². The fourth-order valence-corrected chi connectivity index (χ4v) is 8.05. The number of hydrogen-bond acceptors (Lipinski definition) is 11. The highest BCUT2D eigenvalue weighted by atomic mass is 32.2. The molecule has 1 aliphatic heterocycles.